The summed E-state index contributed by atoms with van der Waals surface area (Å²) in [6, 6.07) is 8.80. The van der Waals surface area contributed by atoms with E-state index in [0.29, 0.717) is 5.92 Å². The normalized spacial score (nSPS) is 13.8. The van der Waals surface area contributed by atoms with Crippen LogP contribution in [-0.4, -0.2) is 12.4 Å². The Morgan fingerprint density at radius 3 is 2.32 bits per heavy atom. The van der Waals surface area contributed by atoms with Gasteiger partial charge >= 0.3 is 0 Å². The van der Waals surface area contributed by atoms with E-state index in [1.807, 2.05) is 0 Å². The minimum atomic E-state index is 0.213. The first-order chi connectivity index (χ1) is 9.04. The number of nitrogens with two attached hydrogens (primary N) is 1. The molecule has 0 radical (unpaired) electrons. The zero-order valence-corrected chi connectivity index (χ0v) is 12.8. The van der Waals surface area contributed by atoms with Gasteiger partial charge in [-0.25, -0.2) is 0 Å². The van der Waals surface area contributed by atoms with Crippen LogP contribution in [0.1, 0.15) is 57.6 Å². The lowest BCUT2D eigenvalue weighted by molar-refractivity contribution is 0.647. The predicted octanol–water partition coefficient (Wildman–Crippen LogP) is 4.15. The van der Waals surface area contributed by atoms with E-state index in [0.717, 1.165) is 31.6 Å². The lowest BCUT2D eigenvalue weighted by Gasteiger charge is -2.13. The highest BCUT2D eigenvalue weighted by molar-refractivity contribution is 5.87. The number of hydrogen-bond acceptors (Lipinski definition) is 1. The van der Waals surface area contributed by atoms with Gasteiger partial charge in [-0.2, -0.15) is 0 Å². The van der Waals surface area contributed by atoms with Crippen molar-refractivity contribution >= 4 is 5.84 Å². The maximum absolute atomic E-state index is 6.06. The molecule has 2 N–H and O–H groups in total. The molecule has 1 atom stereocenters. The standard InChI is InChI=1S/C17H28N2/c1-5-6-11-19-17(18)14(4)16-9-7-15(8-10-16)12-13(2)3/h7-10,13-14H,5-6,11-12H2,1-4H3,(H2,18,19). The monoisotopic (exact) mass is 260 g/mol. The maximum atomic E-state index is 6.06. The molecule has 0 aliphatic carbocycles. The number of benzene rings is 1. The van der Waals surface area contributed by atoms with E-state index in [1.165, 1.54) is 11.1 Å². The van der Waals surface area contributed by atoms with Gasteiger partial charge < -0.3 is 5.73 Å². The summed E-state index contributed by atoms with van der Waals surface area (Å²) < 4.78 is 0. The molecule has 1 aromatic carbocycles. The largest absolute Gasteiger partial charge is 0.387 e. The van der Waals surface area contributed by atoms with Crippen molar-refractivity contribution in [3.8, 4) is 0 Å². The van der Waals surface area contributed by atoms with Crippen LogP contribution in [0, 0.1) is 5.92 Å². The summed E-state index contributed by atoms with van der Waals surface area (Å²) in [5.74, 6) is 1.67. The van der Waals surface area contributed by atoms with Crippen LogP contribution in [0.3, 0.4) is 0 Å². The Morgan fingerprint density at radius 1 is 1.16 bits per heavy atom. The van der Waals surface area contributed by atoms with E-state index >= 15 is 0 Å². The molecular weight excluding hydrogens is 232 g/mol. The van der Waals surface area contributed by atoms with E-state index in [2.05, 4.69) is 57.0 Å². The number of rotatable bonds is 7. The van der Waals surface area contributed by atoms with Crippen molar-refractivity contribution in [1.82, 2.24) is 0 Å². The Kier molecular flexibility index (Phi) is 6.61. The second-order valence-corrected chi connectivity index (χ2v) is 5.72. The molecular formula is C17H28N2. The lowest BCUT2D eigenvalue weighted by Crippen LogP contribution is -2.20. The molecule has 0 aliphatic heterocycles. The Hall–Kier alpha value is -1.31. The van der Waals surface area contributed by atoms with E-state index in [1.54, 1.807) is 0 Å². The fourth-order valence-corrected chi connectivity index (χ4v) is 2.09. The van der Waals surface area contributed by atoms with Crippen LogP contribution in [0.15, 0.2) is 29.3 Å². The number of amidine groups is 1. The van der Waals surface area contributed by atoms with Crippen molar-refractivity contribution < 1.29 is 0 Å². The fraction of sp³-hybridized carbons (Fsp3) is 0.588. The van der Waals surface area contributed by atoms with Gasteiger partial charge in [-0.15, -0.1) is 0 Å². The van der Waals surface area contributed by atoms with Crippen LogP contribution in [0.25, 0.3) is 0 Å². The van der Waals surface area contributed by atoms with Crippen LogP contribution in [-0.2, 0) is 6.42 Å². The molecule has 106 valence electrons. The van der Waals surface area contributed by atoms with Crippen molar-refractivity contribution in [1.29, 1.82) is 0 Å². The number of nitrogens with zero attached hydrogens (tertiary/aromatic N) is 1. The quantitative estimate of drug-likeness (QED) is 0.446. The third-order valence-corrected chi connectivity index (χ3v) is 3.37. The summed E-state index contributed by atoms with van der Waals surface area (Å²) in [7, 11) is 0. The molecule has 1 rings (SSSR count). The predicted molar refractivity (Wildman–Crippen MR) is 84.8 cm³/mol. The summed E-state index contributed by atoms with van der Waals surface area (Å²) in [6.07, 6.45) is 3.41. The molecule has 0 heterocycles. The molecule has 0 spiro atoms. The number of hydrogen-bond donors (Lipinski definition) is 1. The number of unbranched alkanes of at least 4 members (excludes halogenated alkanes) is 1. The SMILES string of the molecule is CCCCN=C(N)C(C)c1ccc(CC(C)C)cc1. The first-order valence-electron chi connectivity index (χ1n) is 7.43. The maximum Gasteiger partial charge on any atom is 0.101 e. The van der Waals surface area contributed by atoms with Gasteiger partial charge in [0, 0.05) is 12.5 Å². The summed E-state index contributed by atoms with van der Waals surface area (Å²) in [5, 5.41) is 0. The average Bonchev–Trinajstić information content (AvgIpc) is 2.38. The minimum Gasteiger partial charge on any atom is -0.387 e. The highest BCUT2D eigenvalue weighted by Crippen LogP contribution is 2.17. The van der Waals surface area contributed by atoms with E-state index in [9.17, 15) is 0 Å². The molecule has 2 heteroatoms. The van der Waals surface area contributed by atoms with Crippen molar-refractivity contribution in [2.45, 2.75) is 52.9 Å². The molecule has 0 amide bonds. The van der Waals surface area contributed by atoms with Crippen LogP contribution < -0.4 is 5.73 Å². The first-order valence-corrected chi connectivity index (χ1v) is 7.43. The van der Waals surface area contributed by atoms with Gasteiger partial charge in [0.2, 0.25) is 0 Å². The molecule has 2 nitrogen and oxygen atoms in total. The van der Waals surface area contributed by atoms with E-state index < -0.39 is 0 Å². The highest BCUT2D eigenvalue weighted by atomic mass is 14.9. The van der Waals surface area contributed by atoms with Crippen LogP contribution in [0.4, 0.5) is 0 Å². The second kappa shape index (κ2) is 7.98. The third kappa shape index (κ3) is 5.46. The second-order valence-electron chi connectivity index (χ2n) is 5.72. The zero-order valence-electron chi connectivity index (χ0n) is 12.8. The Labute approximate surface area is 118 Å². The molecule has 1 unspecified atom stereocenters. The van der Waals surface area contributed by atoms with Gasteiger partial charge in [0.25, 0.3) is 0 Å². The van der Waals surface area contributed by atoms with Crippen molar-refractivity contribution in [2.75, 3.05) is 6.54 Å². The molecule has 0 aromatic heterocycles. The highest BCUT2D eigenvalue weighted by Gasteiger charge is 2.09. The van der Waals surface area contributed by atoms with Gasteiger partial charge in [0.1, 0.15) is 5.84 Å². The van der Waals surface area contributed by atoms with Gasteiger partial charge in [0.05, 0.1) is 0 Å². The van der Waals surface area contributed by atoms with Crippen LogP contribution in [0.2, 0.25) is 0 Å². The minimum absolute atomic E-state index is 0.213. The molecule has 0 saturated carbocycles. The van der Waals surface area contributed by atoms with E-state index in [-0.39, 0.29) is 5.92 Å². The molecule has 0 aliphatic rings. The lowest BCUT2D eigenvalue weighted by atomic mass is 9.96. The third-order valence-electron chi connectivity index (χ3n) is 3.37. The molecule has 0 saturated heterocycles. The summed E-state index contributed by atoms with van der Waals surface area (Å²) in [5.41, 5.74) is 8.71. The first kappa shape index (κ1) is 15.7. The molecule has 0 fully saturated rings. The molecule has 0 bridgehead atoms. The van der Waals surface area contributed by atoms with Crippen molar-refractivity contribution in [3.05, 3.63) is 35.4 Å². The summed E-state index contributed by atoms with van der Waals surface area (Å²) >= 11 is 0. The molecule has 1 aromatic rings. The van der Waals surface area contributed by atoms with Gasteiger partial charge in [-0.1, -0.05) is 58.4 Å². The summed E-state index contributed by atoms with van der Waals surface area (Å²) in [4.78, 5) is 4.46. The topological polar surface area (TPSA) is 38.4 Å². The Balaban J connectivity index is 2.66. The van der Waals surface area contributed by atoms with Crippen molar-refractivity contribution in [3.63, 3.8) is 0 Å². The fourth-order valence-electron chi connectivity index (χ4n) is 2.09. The van der Waals surface area contributed by atoms with Crippen molar-refractivity contribution in [2.24, 2.45) is 16.6 Å². The smallest absolute Gasteiger partial charge is 0.101 e. The number of aliphatic imine (C=N–C) groups is 1. The van der Waals surface area contributed by atoms with Crippen LogP contribution >= 0.6 is 0 Å². The Morgan fingerprint density at radius 2 is 1.79 bits per heavy atom. The van der Waals surface area contributed by atoms with Gasteiger partial charge in [-0.05, 0) is 29.9 Å². The van der Waals surface area contributed by atoms with Crippen LogP contribution in [0.5, 0.6) is 0 Å². The van der Waals surface area contributed by atoms with Gasteiger partial charge in [0.15, 0.2) is 0 Å². The van der Waals surface area contributed by atoms with E-state index in [4.69, 9.17) is 5.73 Å². The Bertz CT molecular complexity index is 390. The average molecular weight is 260 g/mol. The summed E-state index contributed by atoms with van der Waals surface area (Å²) in [6.45, 7) is 9.63. The molecule has 19 heavy (non-hydrogen) atoms. The van der Waals surface area contributed by atoms with Gasteiger partial charge in [-0.3, -0.25) is 4.99 Å². The zero-order chi connectivity index (χ0) is 14.3.